The van der Waals surface area contributed by atoms with Crippen LogP contribution in [-0.2, 0) is 27.3 Å². The Morgan fingerprint density at radius 3 is 2.78 bits per heavy atom. The number of aromatic nitrogens is 6. The highest BCUT2D eigenvalue weighted by atomic mass is 16.5. The van der Waals surface area contributed by atoms with E-state index in [4.69, 9.17) is 9.47 Å². The van der Waals surface area contributed by atoms with Gasteiger partial charge in [0.1, 0.15) is 24.8 Å². The van der Waals surface area contributed by atoms with Crippen molar-refractivity contribution in [3.05, 3.63) is 53.9 Å². The highest BCUT2D eigenvalue weighted by Gasteiger charge is 2.27. The number of fused-ring (bicyclic) bond motifs is 5. The minimum absolute atomic E-state index is 0.103. The van der Waals surface area contributed by atoms with E-state index in [2.05, 4.69) is 30.7 Å². The first kappa shape index (κ1) is 31.4. The fourth-order valence-electron chi connectivity index (χ4n) is 5.48. The monoisotopic (exact) mass is 617 g/mol. The van der Waals surface area contributed by atoms with Crippen LogP contribution in [0.4, 0.5) is 0 Å². The lowest BCUT2D eigenvalue weighted by atomic mass is 10.0. The van der Waals surface area contributed by atoms with Crippen LogP contribution in [0.3, 0.4) is 0 Å². The molecule has 0 saturated carbocycles. The second-order valence-electron chi connectivity index (χ2n) is 11.3. The van der Waals surface area contributed by atoms with Gasteiger partial charge in [0.15, 0.2) is 11.5 Å². The molecule has 3 aromatic heterocycles. The number of nitrogens with one attached hydrogen (secondary N) is 2. The van der Waals surface area contributed by atoms with E-state index < -0.39 is 11.9 Å². The van der Waals surface area contributed by atoms with Gasteiger partial charge in [0.2, 0.25) is 17.7 Å². The zero-order chi connectivity index (χ0) is 32.1. The predicted molar refractivity (Wildman–Crippen MR) is 165 cm³/mol. The van der Waals surface area contributed by atoms with Gasteiger partial charge in [-0.3, -0.25) is 14.4 Å². The number of imidazole rings is 1. The first-order valence-corrected chi connectivity index (χ1v) is 15.0. The van der Waals surface area contributed by atoms with Crippen LogP contribution in [0.25, 0.3) is 17.2 Å². The van der Waals surface area contributed by atoms with E-state index in [-0.39, 0.29) is 43.8 Å². The highest BCUT2D eigenvalue weighted by molar-refractivity contribution is 5.90. The van der Waals surface area contributed by atoms with Crippen molar-refractivity contribution in [2.24, 2.45) is 5.92 Å². The summed E-state index contributed by atoms with van der Waals surface area (Å²) < 4.78 is 15.2. The summed E-state index contributed by atoms with van der Waals surface area (Å²) in [7, 11) is 1.56. The Morgan fingerprint density at radius 1 is 1.18 bits per heavy atom. The van der Waals surface area contributed by atoms with Crippen LogP contribution in [0.15, 0.2) is 36.9 Å². The number of nitrogens with zero attached hydrogens (tertiary/aromatic N) is 7. The lowest BCUT2D eigenvalue weighted by Gasteiger charge is -2.26. The Kier molecular flexibility index (Phi) is 9.59. The van der Waals surface area contributed by atoms with Crippen molar-refractivity contribution in [3.63, 3.8) is 0 Å². The molecule has 14 nitrogen and oxygen atoms in total. The number of methoxy groups -OCH3 is 1. The van der Waals surface area contributed by atoms with E-state index in [9.17, 15) is 14.4 Å². The van der Waals surface area contributed by atoms with Gasteiger partial charge in [0, 0.05) is 48.9 Å². The lowest BCUT2D eigenvalue weighted by molar-refractivity contribution is -0.137. The second kappa shape index (κ2) is 13.7. The van der Waals surface area contributed by atoms with Crippen LogP contribution < -0.4 is 20.1 Å². The van der Waals surface area contributed by atoms with E-state index in [0.717, 1.165) is 22.5 Å². The molecule has 238 valence electrons. The van der Waals surface area contributed by atoms with Gasteiger partial charge >= 0.3 is 0 Å². The maximum absolute atomic E-state index is 13.6. The van der Waals surface area contributed by atoms with Crippen LogP contribution in [0.2, 0.25) is 0 Å². The third-order valence-corrected chi connectivity index (χ3v) is 7.94. The van der Waals surface area contributed by atoms with Gasteiger partial charge in [-0.1, -0.05) is 13.8 Å². The summed E-state index contributed by atoms with van der Waals surface area (Å²) >= 11 is 0. The molecular weight excluding hydrogens is 578 g/mol. The SMILES string of the molecule is COc1ccc2cc1OCCN(C(=O)CCc1c(C)nc3ncnn3c1C)CC(=O)N[C@H](C(C)C)C(=O)NCCn1ccnc1-2. The van der Waals surface area contributed by atoms with Crippen LogP contribution >= 0.6 is 0 Å². The molecular formula is C31H39N9O5. The molecule has 14 heteroatoms. The Balaban J connectivity index is 1.40. The van der Waals surface area contributed by atoms with E-state index in [1.165, 1.54) is 11.2 Å². The first-order chi connectivity index (χ1) is 21.7. The van der Waals surface area contributed by atoms with Crippen LogP contribution in [0.5, 0.6) is 11.5 Å². The molecule has 0 saturated heterocycles. The number of amides is 3. The molecule has 5 rings (SSSR count). The van der Waals surface area contributed by atoms with Crippen molar-refractivity contribution in [1.82, 2.24) is 44.7 Å². The quantitative estimate of drug-likeness (QED) is 0.340. The molecule has 3 amide bonds. The molecule has 4 aromatic rings. The third-order valence-electron chi connectivity index (χ3n) is 7.94. The summed E-state index contributed by atoms with van der Waals surface area (Å²) in [5.41, 5.74) is 3.32. The minimum Gasteiger partial charge on any atom is -0.493 e. The van der Waals surface area contributed by atoms with Gasteiger partial charge in [-0.05, 0) is 49.9 Å². The number of aryl methyl sites for hydroxylation is 2. The number of carbonyl (C=O) groups excluding carboxylic acids is 3. The fraction of sp³-hybridized carbons (Fsp3) is 0.452. The van der Waals surface area contributed by atoms with Crippen molar-refractivity contribution < 1.29 is 23.9 Å². The van der Waals surface area contributed by atoms with Gasteiger partial charge in [-0.2, -0.15) is 10.1 Å². The minimum atomic E-state index is -0.770. The summed E-state index contributed by atoms with van der Waals surface area (Å²) in [4.78, 5) is 54.7. The molecule has 4 heterocycles. The van der Waals surface area contributed by atoms with E-state index in [0.29, 0.717) is 42.6 Å². The predicted octanol–water partition coefficient (Wildman–Crippen LogP) is 1.72. The Hall–Kier alpha value is -5.01. The standard InChI is InChI=1S/C31H39N9O5/c1-19(2)28-30(43)33-11-13-38-12-10-32-29(38)22-6-8-24(44-5)25(16-22)45-15-14-39(17-26(41)37-28)27(42)9-7-23-20(3)36-31-34-18-35-40(31)21(23)4/h6,8,10,12,16,18-19,28H,7,9,11,13-15,17H2,1-5H3,(H,33,43)(H,37,41)/t28-/m1/s1. The van der Waals surface area contributed by atoms with Crippen molar-refractivity contribution >= 4 is 23.5 Å². The van der Waals surface area contributed by atoms with E-state index in [1.54, 1.807) is 23.9 Å². The molecule has 0 radical (unpaired) electrons. The maximum Gasteiger partial charge on any atom is 0.252 e. The number of hydrogen-bond donors (Lipinski definition) is 2. The van der Waals surface area contributed by atoms with Crippen molar-refractivity contribution in [2.45, 2.75) is 53.1 Å². The molecule has 1 aliphatic rings. The molecule has 0 fully saturated rings. The van der Waals surface area contributed by atoms with E-state index in [1.807, 2.05) is 50.6 Å². The molecule has 0 aliphatic carbocycles. The number of benzene rings is 1. The molecule has 1 atom stereocenters. The Labute approximate surface area is 261 Å². The molecule has 2 N–H and O–H groups in total. The molecule has 45 heavy (non-hydrogen) atoms. The molecule has 1 aromatic carbocycles. The topological polar surface area (TPSA) is 158 Å². The van der Waals surface area contributed by atoms with Gasteiger partial charge in [0.05, 0.1) is 20.2 Å². The zero-order valence-corrected chi connectivity index (χ0v) is 26.2. The summed E-state index contributed by atoms with van der Waals surface area (Å²) in [6.45, 7) is 8.33. The summed E-state index contributed by atoms with van der Waals surface area (Å²) in [6, 6.07) is 4.75. The number of carbonyl (C=O) groups is 3. The number of rotatable bonds is 5. The highest BCUT2D eigenvalue weighted by Crippen LogP contribution is 2.32. The third kappa shape index (κ3) is 7.05. The molecule has 2 bridgehead atoms. The number of hydrogen-bond acceptors (Lipinski definition) is 9. The van der Waals surface area contributed by atoms with Crippen molar-refractivity contribution in [1.29, 1.82) is 0 Å². The lowest BCUT2D eigenvalue weighted by Crippen LogP contribution is -2.53. The Bertz CT molecular complexity index is 1700. The molecule has 0 spiro atoms. The van der Waals surface area contributed by atoms with Crippen molar-refractivity contribution in [2.75, 3.05) is 33.4 Å². The molecule has 0 unspecified atom stereocenters. The summed E-state index contributed by atoms with van der Waals surface area (Å²) in [5.74, 6) is 1.07. The summed E-state index contributed by atoms with van der Waals surface area (Å²) in [6.07, 6.45) is 5.51. The Morgan fingerprint density at radius 2 is 2.00 bits per heavy atom. The zero-order valence-electron chi connectivity index (χ0n) is 26.2. The van der Waals surface area contributed by atoms with Gasteiger partial charge in [-0.15, -0.1) is 0 Å². The maximum atomic E-state index is 13.6. The average molecular weight is 618 g/mol. The molecule has 1 aliphatic heterocycles. The van der Waals surface area contributed by atoms with Crippen LogP contribution in [-0.4, -0.2) is 91.1 Å². The first-order valence-electron chi connectivity index (χ1n) is 15.0. The van der Waals surface area contributed by atoms with Crippen LogP contribution in [0.1, 0.15) is 37.2 Å². The van der Waals surface area contributed by atoms with Gasteiger partial charge < -0.3 is 29.6 Å². The van der Waals surface area contributed by atoms with Gasteiger partial charge in [-0.25, -0.2) is 14.5 Å². The van der Waals surface area contributed by atoms with Crippen LogP contribution in [0, 0.1) is 19.8 Å². The van der Waals surface area contributed by atoms with Gasteiger partial charge in [0.25, 0.3) is 5.78 Å². The second-order valence-corrected chi connectivity index (χ2v) is 11.3. The average Bonchev–Trinajstić information content (AvgIpc) is 3.68. The largest absolute Gasteiger partial charge is 0.493 e. The van der Waals surface area contributed by atoms with Crippen molar-refractivity contribution in [3.8, 4) is 22.9 Å². The normalized spacial score (nSPS) is 16.5. The van der Waals surface area contributed by atoms with E-state index >= 15 is 0 Å². The summed E-state index contributed by atoms with van der Waals surface area (Å²) in [5, 5.41) is 10.0. The smallest absolute Gasteiger partial charge is 0.252 e. The fourth-order valence-corrected chi connectivity index (χ4v) is 5.48. The number of ether oxygens (including phenoxy) is 2.